The van der Waals surface area contributed by atoms with E-state index in [0.29, 0.717) is 24.6 Å². The first-order chi connectivity index (χ1) is 10.1. The van der Waals surface area contributed by atoms with Crippen LogP contribution in [0.4, 0.5) is 5.69 Å². The number of nitrogens with zero attached hydrogens (tertiary/aromatic N) is 2. The lowest BCUT2D eigenvalue weighted by molar-refractivity contribution is 0.340. The maximum atomic E-state index is 12.7. The third-order valence-electron chi connectivity index (χ3n) is 2.94. The Labute approximate surface area is 125 Å². The Morgan fingerprint density at radius 3 is 2.38 bits per heavy atom. The van der Waals surface area contributed by atoms with Gasteiger partial charge in [-0.3, -0.25) is 9.29 Å². The number of aromatic nitrogens is 1. The van der Waals surface area contributed by atoms with Crippen molar-refractivity contribution >= 4 is 15.7 Å². The van der Waals surface area contributed by atoms with Gasteiger partial charge in [0.2, 0.25) is 0 Å². The first-order valence-electron chi connectivity index (χ1n) is 6.75. The zero-order valence-corrected chi connectivity index (χ0v) is 12.9. The van der Waals surface area contributed by atoms with Crippen molar-refractivity contribution in [1.29, 1.82) is 0 Å². The predicted octanol–water partition coefficient (Wildman–Crippen LogP) is 2.70. The molecule has 6 heteroatoms. The largest absolute Gasteiger partial charge is 0.494 e. The molecule has 2 aromatic rings. The molecule has 0 aliphatic carbocycles. The molecular weight excluding hydrogens is 288 g/mol. The van der Waals surface area contributed by atoms with Crippen molar-refractivity contribution in [3.05, 3.63) is 48.8 Å². The second kappa shape index (κ2) is 6.58. The molecule has 0 fully saturated rings. The fourth-order valence-electron chi connectivity index (χ4n) is 1.99. The van der Waals surface area contributed by atoms with Gasteiger partial charge in [-0.1, -0.05) is 0 Å². The smallest absolute Gasteiger partial charge is 0.264 e. The molecule has 0 amide bonds. The summed E-state index contributed by atoms with van der Waals surface area (Å²) in [4.78, 5) is 4.21. The van der Waals surface area contributed by atoms with Crippen molar-refractivity contribution in [2.45, 2.75) is 18.7 Å². The molecular formula is C15H18N2O3S. The molecule has 1 heterocycles. The Bertz CT molecular complexity index is 670. The van der Waals surface area contributed by atoms with E-state index in [4.69, 9.17) is 4.74 Å². The molecule has 0 saturated carbocycles. The van der Waals surface area contributed by atoms with E-state index >= 15 is 0 Å². The van der Waals surface area contributed by atoms with Crippen molar-refractivity contribution in [2.24, 2.45) is 0 Å². The average Bonchev–Trinajstić information content (AvgIpc) is 2.50. The Kier molecular flexibility index (Phi) is 4.80. The van der Waals surface area contributed by atoms with E-state index in [1.54, 1.807) is 49.5 Å². The van der Waals surface area contributed by atoms with E-state index in [1.165, 1.54) is 10.5 Å². The van der Waals surface area contributed by atoms with E-state index in [-0.39, 0.29) is 4.90 Å². The van der Waals surface area contributed by atoms with Crippen molar-refractivity contribution in [3.63, 3.8) is 0 Å². The number of rotatable bonds is 6. The maximum Gasteiger partial charge on any atom is 0.264 e. The van der Waals surface area contributed by atoms with E-state index in [1.807, 2.05) is 6.92 Å². The second-order valence-electron chi connectivity index (χ2n) is 4.29. The minimum absolute atomic E-state index is 0.233. The quantitative estimate of drug-likeness (QED) is 0.823. The fourth-order valence-corrected chi connectivity index (χ4v) is 3.45. The van der Waals surface area contributed by atoms with E-state index in [9.17, 15) is 8.42 Å². The number of pyridine rings is 1. The van der Waals surface area contributed by atoms with Gasteiger partial charge in [-0.05, 0) is 50.2 Å². The fraction of sp³-hybridized carbons (Fsp3) is 0.267. The Morgan fingerprint density at radius 2 is 1.86 bits per heavy atom. The Hall–Kier alpha value is -2.08. The lowest BCUT2D eigenvalue weighted by Crippen LogP contribution is -2.30. The van der Waals surface area contributed by atoms with Crippen molar-refractivity contribution in [3.8, 4) is 5.75 Å². The molecule has 0 N–H and O–H groups in total. The minimum Gasteiger partial charge on any atom is -0.494 e. The molecule has 0 unspecified atom stereocenters. The molecule has 0 aliphatic rings. The average molecular weight is 306 g/mol. The van der Waals surface area contributed by atoms with Crippen LogP contribution in [-0.2, 0) is 10.0 Å². The van der Waals surface area contributed by atoms with Gasteiger partial charge >= 0.3 is 0 Å². The summed E-state index contributed by atoms with van der Waals surface area (Å²) in [6, 6.07) is 9.87. The molecule has 0 bridgehead atoms. The van der Waals surface area contributed by atoms with Gasteiger partial charge in [0.05, 0.1) is 23.4 Å². The number of anilines is 1. The summed E-state index contributed by atoms with van der Waals surface area (Å²) < 4.78 is 32.0. The van der Waals surface area contributed by atoms with Gasteiger partial charge in [-0.15, -0.1) is 0 Å². The highest BCUT2D eigenvalue weighted by Gasteiger charge is 2.23. The normalized spacial score (nSPS) is 11.1. The van der Waals surface area contributed by atoms with Crippen molar-refractivity contribution in [1.82, 2.24) is 4.98 Å². The molecule has 112 valence electrons. The monoisotopic (exact) mass is 306 g/mol. The highest BCUT2D eigenvalue weighted by Crippen LogP contribution is 2.24. The molecule has 0 atom stereocenters. The Morgan fingerprint density at radius 1 is 1.14 bits per heavy atom. The summed E-state index contributed by atoms with van der Waals surface area (Å²) in [5, 5.41) is 0. The molecule has 1 aromatic heterocycles. The van der Waals surface area contributed by atoms with Crippen LogP contribution in [0.25, 0.3) is 0 Å². The number of hydrogen-bond donors (Lipinski definition) is 0. The summed E-state index contributed by atoms with van der Waals surface area (Å²) in [5.41, 5.74) is 0.550. The maximum absolute atomic E-state index is 12.7. The summed E-state index contributed by atoms with van der Waals surface area (Å²) in [6.45, 7) is 4.55. The molecule has 0 saturated heterocycles. The minimum atomic E-state index is -3.60. The predicted molar refractivity (Wildman–Crippen MR) is 82.1 cm³/mol. The standard InChI is InChI=1S/C15H18N2O3S/c1-3-17(13-6-5-11-16-12-13)21(18,19)15-9-7-14(8-10-15)20-4-2/h5-12H,3-4H2,1-2H3. The molecule has 21 heavy (non-hydrogen) atoms. The zero-order chi connectivity index (χ0) is 15.3. The van der Waals surface area contributed by atoms with Gasteiger partial charge in [-0.2, -0.15) is 0 Å². The van der Waals surface area contributed by atoms with Gasteiger partial charge in [0.1, 0.15) is 5.75 Å². The first-order valence-corrected chi connectivity index (χ1v) is 8.19. The number of benzene rings is 1. The molecule has 0 aliphatic heterocycles. The van der Waals surface area contributed by atoms with Crippen LogP contribution < -0.4 is 9.04 Å². The van der Waals surface area contributed by atoms with Crippen LogP contribution in [0.15, 0.2) is 53.7 Å². The van der Waals surface area contributed by atoms with Gasteiger partial charge in [-0.25, -0.2) is 8.42 Å². The highest BCUT2D eigenvalue weighted by atomic mass is 32.2. The zero-order valence-electron chi connectivity index (χ0n) is 12.1. The molecule has 0 spiro atoms. The van der Waals surface area contributed by atoms with E-state index in [0.717, 1.165) is 0 Å². The highest BCUT2D eigenvalue weighted by molar-refractivity contribution is 7.92. The summed E-state index contributed by atoms with van der Waals surface area (Å²) in [5.74, 6) is 0.654. The lowest BCUT2D eigenvalue weighted by atomic mass is 10.3. The summed E-state index contributed by atoms with van der Waals surface area (Å²) in [6.07, 6.45) is 3.15. The Balaban J connectivity index is 2.35. The van der Waals surface area contributed by atoms with Crippen LogP contribution in [0.5, 0.6) is 5.75 Å². The molecule has 2 rings (SSSR count). The third kappa shape index (κ3) is 3.33. The van der Waals surface area contributed by atoms with Gasteiger partial charge < -0.3 is 4.74 Å². The second-order valence-corrected chi connectivity index (χ2v) is 6.15. The number of hydrogen-bond acceptors (Lipinski definition) is 4. The van der Waals surface area contributed by atoms with Crippen molar-refractivity contribution < 1.29 is 13.2 Å². The lowest BCUT2D eigenvalue weighted by Gasteiger charge is -2.22. The van der Waals surface area contributed by atoms with Crippen LogP contribution in [0.3, 0.4) is 0 Å². The molecule has 5 nitrogen and oxygen atoms in total. The van der Waals surface area contributed by atoms with Gasteiger partial charge in [0, 0.05) is 12.7 Å². The van der Waals surface area contributed by atoms with Gasteiger partial charge in [0.15, 0.2) is 0 Å². The van der Waals surface area contributed by atoms with E-state index in [2.05, 4.69) is 4.98 Å². The van der Waals surface area contributed by atoms with Crippen molar-refractivity contribution in [2.75, 3.05) is 17.5 Å². The van der Waals surface area contributed by atoms with Gasteiger partial charge in [0.25, 0.3) is 10.0 Å². The first kappa shape index (κ1) is 15.3. The SMILES string of the molecule is CCOc1ccc(S(=O)(=O)N(CC)c2cccnc2)cc1. The van der Waals surface area contributed by atoms with Crippen LogP contribution in [-0.4, -0.2) is 26.6 Å². The summed E-state index contributed by atoms with van der Waals surface area (Å²) >= 11 is 0. The molecule has 0 radical (unpaired) electrons. The van der Waals surface area contributed by atoms with E-state index < -0.39 is 10.0 Å². The molecule has 1 aromatic carbocycles. The third-order valence-corrected chi connectivity index (χ3v) is 4.86. The van der Waals surface area contributed by atoms with Crippen LogP contribution in [0.1, 0.15) is 13.8 Å². The van der Waals surface area contributed by atoms with Crippen LogP contribution >= 0.6 is 0 Å². The number of sulfonamides is 1. The number of ether oxygens (including phenoxy) is 1. The van der Waals surface area contributed by atoms with Crippen LogP contribution in [0, 0.1) is 0 Å². The topological polar surface area (TPSA) is 59.5 Å². The van der Waals surface area contributed by atoms with Crippen LogP contribution in [0.2, 0.25) is 0 Å². The summed E-state index contributed by atoms with van der Waals surface area (Å²) in [7, 11) is -3.60.